The molecular weight excluding hydrogens is 218 g/mol. The van der Waals surface area contributed by atoms with Crippen molar-refractivity contribution in [3.63, 3.8) is 0 Å². The molecule has 1 aromatic carbocycles. The molecule has 17 heavy (non-hydrogen) atoms. The highest BCUT2D eigenvalue weighted by molar-refractivity contribution is 5.54. The number of nitrogens with zero attached hydrogens (tertiary/aromatic N) is 3. The lowest BCUT2D eigenvalue weighted by Crippen LogP contribution is -1.82. The standard InChI is InChI=1S/C12H11N3O2/c1-17-11-8-9(16)5-6-10(11)14-15-12-4-2-3-7-13-12/h2-8,16H,1H3. The number of hydrogen-bond donors (Lipinski definition) is 1. The first-order chi connectivity index (χ1) is 8.29. The number of pyridine rings is 1. The zero-order valence-corrected chi connectivity index (χ0v) is 9.24. The van der Waals surface area contributed by atoms with Gasteiger partial charge in [0, 0.05) is 12.3 Å². The van der Waals surface area contributed by atoms with Crippen molar-refractivity contribution in [2.24, 2.45) is 10.2 Å². The van der Waals surface area contributed by atoms with Gasteiger partial charge in [0.25, 0.3) is 0 Å². The molecule has 0 saturated heterocycles. The highest BCUT2D eigenvalue weighted by Gasteiger charge is 2.02. The van der Waals surface area contributed by atoms with Gasteiger partial charge in [0.15, 0.2) is 5.82 Å². The maximum absolute atomic E-state index is 9.29. The highest BCUT2D eigenvalue weighted by atomic mass is 16.5. The second-order valence-corrected chi connectivity index (χ2v) is 3.24. The average molecular weight is 229 g/mol. The van der Waals surface area contributed by atoms with Crippen molar-refractivity contribution in [2.45, 2.75) is 0 Å². The first-order valence-electron chi connectivity index (χ1n) is 4.99. The maximum atomic E-state index is 9.29. The van der Waals surface area contributed by atoms with Gasteiger partial charge in [-0.25, -0.2) is 4.98 Å². The van der Waals surface area contributed by atoms with Crippen LogP contribution in [0.15, 0.2) is 52.8 Å². The summed E-state index contributed by atoms with van der Waals surface area (Å²) >= 11 is 0. The molecule has 0 bridgehead atoms. The molecule has 1 N–H and O–H groups in total. The van der Waals surface area contributed by atoms with Gasteiger partial charge < -0.3 is 9.84 Å². The molecule has 1 aromatic heterocycles. The lowest BCUT2D eigenvalue weighted by atomic mass is 10.3. The summed E-state index contributed by atoms with van der Waals surface area (Å²) < 4.78 is 5.08. The zero-order valence-electron chi connectivity index (χ0n) is 9.24. The summed E-state index contributed by atoms with van der Waals surface area (Å²) in [5, 5.41) is 17.3. The Labute approximate surface area is 98.4 Å². The van der Waals surface area contributed by atoms with Gasteiger partial charge in [-0.05, 0) is 24.3 Å². The molecule has 1 heterocycles. The van der Waals surface area contributed by atoms with E-state index in [0.717, 1.165) is 0 Å². The van der Waals surface area contributed by atoms with E-state index >= 15 is 0 Å². The van der Waals surface area contributed by atoms with E-state index in [-0.39, 0.29) is 5.75 Å². The summed E-state index contributed by atoms with van der Waals surface area (Å²) in [5.41, 5.74) is 0.538. The van der Waals surface area contributed by atoms with Crippen LogP contribution in [0.4, 0.5) is 11.5 Å². The zero-order chi connectivity index (χ0) is 12.1. The molecule has 0 aliphatic heterocycles. The SMILES string of the molecule is COc1cc(O)ccc1N=Nc1ccccn1. The van der Waals surface area contributed by atoms with Gasteiger partial charge >= 0.3 is 0 Å². The predicted octanol–water partition coefficient (Wildman–Crippen LogP) is 3.21. The van der Waals surface area contributed by atoms with Gasteiger partial charge in [0.1, 0.15) is 17.2 Å². The van der Waals surface area contributed by atoms with E-state index in [4.69, 9.17) is 4.74 Å². The van der Waals surface area contributed by atoms with Crippen molar-refractivity contribution in [1.29, 1.82) is 0 Å². The van der Waals surface area contributed by atoms with Gasteiger partial charge in [-0.15, -0.1) is 10.2 Å². The molecule has 2 rings (SSSR count). The minimum atomic E-state index is 0.124. The average Bonchev–Trinajstić information content (AvgIpc) is 2.38. The normalized spacial score (nSPS) is 10.6. The van der Waals surface area contributed by atoms with E-state index < -0.39 is 0 Å². The van der Waals surface area contributed by atoms with Crippen LogP contribution in [0.25, 0.3) is 0 Å². The number of aromatic hydroxyl groups is 1. The topological polar surface area (TPSA) is 67.1 Å². The van der Waals surface area contributed by atoms with Crippen molar-refractivity contribution in [1.82, 2.24) is 4.98 Å². The third-order valence-corrected chi connectivity index (χ3v) is 2.07. The number of azo groups is 1. The Morgan fingerprint density at radius 2 is 2.06 bits per heavy atom. The van der Waals surface area contributed by atoms with Crippen LogP contribution >= 0.6 is 0 Å². The number of hydrogen-bond acceptors (Lipinski definition) is 5. The molecule has 5 nitrogen and oxygen atoms in total. The van der Waals surface area contributed by atoms with Gasteiger partial charge in [-0.2, -0.15) is 0 Å². The van der Waals surface area contributed by atoms with Crippen LogP contribution in [-0.4, -0.2) is 17.2 Å². The van der Waals surface area contributed by atoms with E-state index in [9.17, 15) is 5.11 Å². The molecule has 0 radical (unpaired) electrons. The van der Waals surface area contributed by atoms with E-state index in [1.165, 1.54) is 19.2 Å². The fraction of sp³-hybridized carbons (Fsp3) is 0.0833. The largest absolute Gasteiger partial charge is 0.508 e. The monoisotopic (exact) mass is 229 g/mol. The van der Waals surface area contributed by atoms with Crippen LogP contribution in [0.5, 0.6) is 11.5 Å². The van der Waals surface area contributed by atoms with E-state index in [2.05, 4.69) is 15.2 Å². The molecule has 0 amide bonds. The molecule has 0 fully saturated rings. The van der Waals surface area contributed by atoms with Crippen LogP contribution in [0, 0.1) is 0 Å². The second-order valence-electron chi connectivity index (χ2n) is 3.24. The first kappa shape index (κ1) is 11.1. The summed E-state index contributed by atoms with van der Waals surface area (Å²) in [6.45, 7) is 0. The van der Waals surface area contributed by atoms with Crippen LogP contribution in [0.1, 0.15) is 0 Å². The lowest BCUT2D eigenvalue weighted by molar-refractivity contribution is 0.408. The molecule has 0 atom stereocenters. The van der Waals surface area contributed by atoms with Gasteiger partial charge in [0.05, 0.1) is 7.11 Å². The fourth-order valence-electron chi connectivity index (χ4n) is 1.27. The molecule has 2 aromatic rings. The predicted molar refractivity (Wildman–Crippen MR) is 63.1 cm³/mol. The van der Waals surface area contributed by atoms with Crippen LogP contribution in [-0.2, 0) is 0 Å². The minimum absolute atomic E-state index is 0.124. The molecule has 86 valence electrons. The molecule has 0 spiro atoms. The van der Waals surface area contributed by atoms with Crippen molar-refractivity contribution < 1.29 is 9.84 Å². The Bertz CT molecular complexity index is 527. The van der Waals surface area contributed by atoms with Crippen LogP contribution in [0.2, 0.25) is 0 Å². The van der Waals surface area contributed by atoms with Gasteiger partial charge in [-0.3, -0.25) is 0 Å². The fourth-order valence-corrected chi connectivity index (χ4v) is 1.27. The number of phenolic OH excluding ortho intramolecular Hbond substituents is 1. The van der Waals surface area contributed by atoms with Gasteiger partial charge in [-0.1, -0.05) is 6.07 Å². The Hall–Kier alpha value is -2.43. The lowest BCUT2D eigenvalue weighted by Gasteiger charge is -2.03. The number of phenols is 1. The van der Waals surface area contributed by atoms with Crippen molar-refractivity contribution in [2.75, 3.05) is 7.11 Å². The second kappa shape index (κ2) is 5.07. The third kappa shape index (κ3) is 2.78. The summed E-state index contributed by atoms with van der Waals surface area (Å²) in [6, 6.07) is 10.0. The number of methoxy groups -OCH3 is 1. The maximum Gasteiger partial charge on any atom is 0.174 e. The molecule has 0 saturated carbocycles. The van der Waals surface area contributed by atoms with E-state index in [1.807, 2.05) is 6.07 Å². The van der Waals surface area contributed by atoms with Crippen LogP contribution < -0.4 is 4.74 Å². The third-order valence-electron chi connectivity index (χ3n) is 2.07. The van der Waals surface area contributed by atoms with Gasteiger partial charge in [0.2, 0.25) is 0 Å². The molecule has 0 aliphatic rings. The molecule has 5 heteroatoms. The highest BCUT2D eigenvalue weighted by Crippen LogP contribution is 2.31. The number of ether oxygens (including phenoxy) is 1. The Balaban J connectivity index is 2.27. The Morgan fingerprint density at radius 3 is 2.76 bits per heavy atom. The number of rotatable bonds is 3. The summed E-state index contributed by atoms with van der Waals surface area (Å²) in [4.78, 5) is 4.02. The smallest absolute Gasteiger partial charge is 0.174 e. The number of aromatic nitrogens is 1. The Kier molecular flexibility index (Phi) is 3.30. The summed E-state index contributed by atoms with van der Waals surface area (Å²) in [7, 11) is 1.51. The van der Waals surface area contributed by atoms with E-state index in [1.54, 1.807) is 24.4 Å². The minimum Gasteiger partial charge on any atom is -0.508 e. The Morgan fingerprint density at radius 1 is 1.18 bits per heavy atom. The van der Waals surface area contributed by atoms with Crippen molar-refractivity contribution in [3.05, 3.63) is 42.6 Å². The summed E-state index contributed by atoms with van der Waals surface area (Å²) in [5.74, 6) is 1.10. The quantitative estimate of drug-likeness (QED) is 0.821. The summed E-state index contributed by atoms with van der Waals surface area (Å²) in [6.07, 6.45) is 1.64. The molecule has 0 unspecified atom stereocenters. The number of benzene rings is 1. The first-order valence-corrected chi connectivity index (χ1v) is 4.99. The van der Waals surface area contributed by atoms with Crippen molar-refractivity contribution >= 4 is 11.5 Å². The van der Waals surface area contributed by atoms with Crippen molar-refractivity contribution in [3.8, 4) is 11.5 Å². The van der Waals surface area contributed by atoms with Crippen LogP contribution in [0.3, 0.4) is 0 Å². The molecular formula is C12H11N3O2. The van der Waals surface area contributed by atoms with E-state index in [0.29, 0.717) is 17.3 Å². The molecule has 0 aliphatic carbocycles.